The quantitative estimate of drug-likeness (QED) is 0.836. The van der Waals surface area contributed by atoms with Gasteiger partial charge in [0.2, 0.25) is 0 Å². The number of nitrogens with zero attached hydrogens (tertiary/aromatic N) is 2. The second-order valence-corrected chi connectivity index (χ2v) is 4.76. The van der Waals surface area contributed by atoms with Crippen molar-refractivity contribution in [3.8, 4) is 17.0 Å². The van der Waals surface area contributed by atoms with Gasteiger partial charge in [-0.05, 0) is 43.5 Å². The maximum absolute atomic E-state index is 5.95. The lowest BCUT2D eigenvalue weighted by molar-refractivity contribution is 0.288. The molecule has 94 valence electrons. The second-order valence-electron chi connectivity index (χ2n) is 4.76. The van der Waals surface area contributed by atoms with Crippen molar-refractivity contribution in [3.63, 3.8) is 0 Å². The molecule has 2 aromatic rings. The van der Waals surface area contributed by atoms with Gasteiger partial charge in [0.05, 0.1) is 12.3 Å². The van der Waals surface area contributed by atoms with Gasteiger partial charge in [0.25, 0.3) is 0 Å². The maximum Gasteiger partial charge on any atom is 0.124 e. The number of nitrogens with two attached hydrogens (primary N) is 1. The number of aromatic nitrogens is 2. The van der Waals surface area contributed by atoms with Gasteiger partial charge in [0.1, 0.15) is 11.6 Å². The third kappa shape index (κ3) is 1.65. The number of fused-ring (bicyclic) bond motifs is 1. The monoisotopic (exact) mass is 243 g/mol. The van der Waals surface area contributed by atoms with Crippen LogP contribution in [0.25, 0.3) is 11.3 Å². The average Bonchev–Trinajstić information content (AvgIpc) is 2.66. The van der Waals surface area contributed by atoms with Gasteiger partial charge in [-0.15, -0.1) is 0 Å². The van der Waals surface area contributed by atoms with Crippen LogP contribution in [0.1, 0.15) is 17.5 Å². The van der Waals surface area contributed by atoms with E-state index in [1.807, 2.05) is 20.0 Å². The summed E-state index contributed by atoms with van der Waals surface area (Å²) in [6, 6.07) is 6.26. The fourth-order valence-electron chi connectivity index (χ4n) is 2.42. The van der Waals surface area contributed by atoms with Crippen molar-refractivity contribution < 1.29 is 4.74 Å². The van der Waals surface area contributed by atoms with Crippen molar-refractivity contribution in [2.45, 2.75) is 19.8 Å². The Hall–Kier alpha value is -1.97. The Morgan fingerprint density at radius 3 is 2.94 bits per heavy atom. The summed E-state index contributed by atoms with van der Waals surface area (Å²) in [5, 5.41) is 4.48. The van der Waals surface area contributed by atoms with Gasteiger partial charge < -0.3 is 10.5 Å². The highest BCUT2D eigenvalue weighted by molar-refractivity contribution is 5.69. The van der Waals surface area contributed by atoms with E-state index >= 15 is 0 Å². The summed E-state index contributed by atoms with van der Waals surface area (Å²) >= 11 is 0. The predicted octanol–water partition coefficient (Wildman–Crippen LogP) is 2.30. The average molecular weight is 243 g/mol. The predicted molar refractivity (Wildman–Crippen MR) is 71.6 cm³/mol. The van der Waals surface area contributed by atoms with Gasteiger partial charge >= 0.3 is 0 Å². The van der Waals surface area contributed by atoms with Crippen molar-refractivity contribution in [3.05, 3.63) is 29.3 Å². The minimum absolute atomic E-state index is 0.721. The van der Waals surface area contributed by atoms with Gasteiger partial charge in [-0.3, -0.25) is 4.68 Å². The Morgan fingerprint density at radius 2 is 2.22 bits per heavy atom. The van der Waals surface area contributed by atoms with Crippen LogP contribution in [0.15, 0.2) is 18.2 Å². The Morgan fingerprint density at radius 1 is 1.39 bits per heavy atom. The molecule has 1 aromatic heterocycles. The summed E-state index contributed by atoms with van der Waals surface area (Å²) in [6.45, 7) is 2.83. The first kappa shape index (κ1) is 11.1. The lowest BCUT2D eigenvalue weighted by atomic mass is 10.0. The zero-order chi connectivity index (χ0) is 12.7. The first-order valence-corrected chi connectivity index (χ1v) is 6.22. The molecule has 0 unspecified atom stereocenters. The summed E-state index contributed by atoms with van der Waals surface area (Å²) in [7, 11) is 1.87. The van der Waals surface area contributed by atoms with Crippen LogP contribution >= 0.6 is 0 Å². The van der Waals surface area contributed by atoms with Crippen LogP contribution in [0.5, 0.6) is 5.75 Å². The number of anilines is 1. The number of hydrogen-bond donors (Lipinski definition) is 1. The molecular weight excluding hydrogens is 226 g/mol. The number of ether oxygens (including phenoxy) is 1. The van der Waals surface area contributed by atoms with Crippen LogP contribution in [0, 0.1) is 6.92 Å². The van der Waals surface area contributed by atoms with Gasteiger partial charge in [-0.25, -0.2) is 0 Å². The summed E-state index contributed by atoms with van der Waals surface area (Å²) in [5.41, 5.74) is 10.3. The summed E-state index contributed by atoms with van der Waals surface area (Å²) in [4.78, 5) is 0. The fraction of sp³-hybridized carbons (Fsp3) is 0.357. The molecule has 0 amide bonds. The summed E-state index contributed by atoms with van der Waals surface area (Å²) in [5.74, 6) is 1.73. The Bertz CT molecular complexity index is 601. The molecule has 0 aliphatic carbocycles. The van der Waals surface area contributed by atoms with E-state index in [-0.39, 0.29) is 0 Å². The Labute approximate surface area is 106 Å². The van der Waals surface area contributed by atoms with E-state index in [0.717, 1.165) is 47.8 Å². The van der Waals surface area contributed by atoms with Crippen molar-refractivity contribution in [1.29, 1.82) is 0 Å². The van der Waals surface area contributed by atoms with Crippen LogP contribution in [0.4, 0.5) is 5.82 Å². The van der Waals surface area contributed by atoms with Crippen molar-refractivity contribution in [2.24, 2.45) is 7.05 Å². The zero-order valence-corrected chi connectivity index (χ0v) is 10.7. The molecule has 1 aliphatic rings. The van der Waals surface area contributed by atoms with E-state index in [0.29, 0.717) is 0 Å². The Kier molecular flexibility index (Phi) is 2.51. The van der Waals surface area contributed by atoms with Gasteiger partial charge in [0.15, 0.2) is 0 Å². The third-order valence-electron chi connectivity index (χ3n) is 3.52. The molecule has 0 spiro atoms. The lowest BCUT2D eigenvalue weighted by Crippen LogP contribution is -2.08. The van der Waals surface area contributed by atoms with Crippen LogP contribution in [0.3, 0.4) is 0 Å². The summed E-state index contributed by atoms with van der Waals surface area (Å²) < 4.78 is 7.35. The minimum atomic E-state index is 0.721. The van der Waals surface area contributed by atoms with Gasteiger partial charge in [-0.1, -0.05) is 0 Å². The molecular formula is C14H17N3O. The molecule has 0 bridgehead atoms. The van der Waals surface area contributed by atoms with E-state index in [4.69, 9.17) is 10.5 Å². The van der Waals surface area contributed by atoms with Crippen molar-refractivity contribution in [1.82, 2.24) is 9.78 Å². The van der Waals surface area contributed by atoms with E-state index < -0.39 is 0 Å². The van der Waals surface area contributed by atoms with E-state index in [1.54, 1.807) is 4.68 Å². The number of nitrogen functional groups attached to an aromatic ring is 1. The topological polar surface area (TPSA) is 53.1 Å². The first-order chi connectivity index (χ1) is 8.66. The molecule has 18 heavy (non-hydrogen) atoms. The van der Waals surface area contributed by atoms with Crippen molar-refractivity contribution >= 4 is 5.82 Å². The first-order valence-electron chi connectivity index (χ1n) is 6.22. The molecule has 0 saturated heterocycles. The van der Waals surface area contributed by atoms with E-state index in [1.165, 1.54) is 5.56 Å². The van der Waals surface area contributed by atoms with Crippen LogP contribution in [-0.2, 0) is 13.5 Å². The highest BCUT2D eigenvalue weighted by Crippen LogP contribution is 2.32. The van der Waals surface area contributed by atoms with Gasteiger partial charge in [-0.2, -0.15) is 5.10 Å². The number of hydrogen-bond acceptors (Lipinski definition) is 3. The molecule has 0 fully saturated rings. The van der Waals surface area contributed by atoms with E-state index in [9.17, 15) is 0 Å². The zero-order valence-electron chi connectivity index (χ0n) is 10.7. The molecule has 1 aliphatic heterocycles. The fourth-order valence-corrected chi connectivity index (χ4v) is 2.42. The molecule has 0 radical (unpaired) electrons. The number of benzene rings is 1. The highest BCUT2D eigenvalue weighted by Gasteiger charge is 2.15. The van der Waals surface area contributed by atoms with E-state index in [2.05, 4.69) is 17.2 Å². The standard InChI is InChI=1S/C14H17N3O/c1-9-13(16-17(2)14(9)15)11-5-6-12-10(8-11)4-3-7-18-12/h5-6,8H,3-4,7,15H2,1-2H3. The molecule has 3 rings (SSSR count). The lowest BCUT2D eigenvalue weighted by Gasteiger charge is -2.17. The Balaban J connectivity index is 2.09. The number of rotatable bonds is 1. The van der Waals surface area contributed by atoms with Crippen LogP contribution in [0.2, 0.25) is 0 Å². The van der Waals surface area contributed by atoms with Gasteiger partial charge in [0, 0.05) is 18.2 Å². The summed E-state index contributed by atoms with van der Waals surface area (Å²) in [6.07, 6.45) is 2.16. The SMILES string of the molecule is Cc1c(-c2ccc3c(c2)CCCO3)nn(C)c1N. The molecule has 4 nitrogen and oxygen atoms in total. The second kappa shape index (κ2) is 4.05. The molecule has 0 atom stereocenters. The molecule has 0 saturated carbocycles. The molecule has 2 N–H and O–H groups in total. The smallest absolute Gasteiger partial charge is 0.124 e. The molecule has 2 heterocycles. The van der Waals surface area contributed by atoms with Crippen LogP contribution < -0.4 is 10.5 Å². The normalized spacial score (nSPS) is 14.1. The minimum Gasteiger partial charge on any atom is -0.493 e. The molecule has 1 aromatic carbocycles. The third-order valence-corrected chi connectivity index (χ3v) is 3.52. The number of aryl methyl sites for hydroxylation is 2. The maximum atomic E-state index is 5.95. The largest absolute Gasteiger partial charge is 0.493 e. The van der Waals surface area contributed by atoms with Crippen LogP contribution in [-0.4, -0.2) is 16.4 Å². The van der Waals surface area contributed by atoms with Crippen molar-refractivity contribution in [2.75, 3.05) is 12.3 Å². The molecule has 4 heteroatoms. The highest BCUT2D eigenvalue weighted by atomic mass is 16.5.